The minimum Gasteiger partial charge on any atom is -0.464 e. The van der Waals surface area contributed by atoms with Crippen molar-refractivity contribution in [2.24, 2.45) is 5.92 Å². The molecule has 0 aliphatic carbocycles. The van der Waals surface area contributed by atoms with Crippen molar-refractivity contribution in [2.75, 3.05) is 13.2 Å². The molecular formula is C21H27N3O4. The van der Waals surface area contributed by atoms with E-state index in [4.69, 9.17) is 4.74 Å². The number of fused-ring (bicyclic) bond motifs is 1. The van der Waals surface area contributed by atoms with Gasteiger partial charge in [0.2, 0.25) is 0 Å². The third kappa shape index (κ3) is 3.41. The van der Waals surface area contributed by atoms with Gasteiger partial charge in [-0.15, -0.1) is 0 Å². The van der Waals surface area contributed by atoms with Crippen LogP contribution in [0.3, 0.4) is 0 Å². The maximum atomic E-state index is 13.5. The Morgan fingerprint density at radius 2 is 1.93 bits per heavy atom. The largest absolute Gasteiger partial charge is 0.464 e. The normalized spacial score (nSPS) is 19.4. The van der Waals surface area contributed by atoms with Crippen LogP contribution in [0.2, 0.25) is 0 Å². The fourth-order valence-electron chi connectivity index (χ4n) is 3.78. The van der Waals surface area contributed by atoms with Crippen LogP contribution in [-0.2, 0) is 16.1 Å². The molecule has 0 N–H and O–H groups in total. The zero-order valence-corrected chi connectivity index (χ0v) is 16.9. The SMILES string of the molecule is CCOC(=O)[C@@]1(C)CCCN1C(=O)c1nn(CC(C)C)c(=O)c2ccccc12. The molecule has 0 saturated carbocycles. The van der Waals surface area contributed by atoms with Crippen molar-refractivity contribution in [2.45, 2.75) is 52.6 Å². The zero-order chi connectivity index (χ0) is 20.5. The number of amides is 1. The van der Waals surface area contributed by atoms with Crippen molar-refractivity contribution in [1.82, 2.24) is 14.7 Å². The quantitative estimate of drug-likeness (QED) is 0.739. The lowest BCUT2D eigenvalue weighted by Gasteiger charge is -2.32. The van der Waals surface area contributed by atoms with Crippen LogP contribution >= 0.6 is 0 Å². The standard InChI is InChI=1S/C21H27N3O4/c1-5-28-20(27)21(4)11-8-12-23(21)19(26)17-15-9-6-7-10-16(15)18(25)24(22-17)13-14(2)3/h6-7,9-10,14H,5,8,11-13H2,1-4H3/t21-/m1/s1. The van der Waals surface area contributed by atoms with E-state index in [1.807, 2.05) is 13.8 Å². The highest BCUT2D eigenvalue weighted by Crippen LogP contribution is 2.32. The molecule has 1 amide bonds. The molecule has 1 fully saturated rings. The Balaban J connectivity index is 2.12. The number of carbonyl (C=O) groups is 2. The van der Waals surface area contributed by atoms with Gasteiger partial charge in [0.15, 0.2) is 5.69 Å². The van der Waals surface area contributed by atoms with Gasteiger partial charge in [-0.05, 0) is 38.7 Å². The highest BCUT2D eigenvalue weighted by atomic mass is 16.5. The highest BCUT2D eigenvalue weighted by molar-refractivity contribution is 6.06. The highest BCUT2D eigenvalue weighted by Gasteiger charge is 2.47. The van der Waals surface area contributed by atoms with Crippen LogP contribution < -0.4 is 5.56 Å². The van der Waals surface area contributed by atoms with Crippen LogP contribution in [0.5, 0.6) is 0 Å². The van der Waals surface area contributed by atoms with Gasteiger partial charge in [-0.2, -0.15) is 5.10 Å². The summed E-state index contributed by atoms with van der Waals surface area (Å²) >= 11 is 0. The van der Waals surface area contributed by atoms with Crippen molar-refractivity contribution >= 4 is 22.6 Å². The van der Waals surface area contributed by atoms with E-state index in [1.54, 1.807) is 43.0 Å². The number of carbonyl (C=O) groups excluding carboxylic acids is 2. The second-order valence-corrected chi connectivity index (χ2v) is 7.83. The van der Waals surface area contributed by atoms with Gasteiger partial charge in [0.1, 0.15) is 5.54 Å². The molecule has 1 aromatic heterocycles. The van der Waals surface area contributed by atoms with Crippen LogP contribution in [0.25, 0.3) is 10.8 Å². The lowest BCUT2D eigenvalue weighted by atomic mass is 9.98. The number of aromatic nitrogens is 2. The Morgan fingerprint density at radius 3 is 2.57 bits per heavy atom. The Hall–Kier alpha value is -2.70. The topological polar surface area (TPSA) is 81.5 Å². The fraction of sp³-hybridized carbons (Fsp3) is 0.524. The van der Waals surface area contributed by atoms with Gasteiger partial charge >= 0.3 is 5.97 Å². The molecule has 0 bridgehead atoms. The molecular weight excluding hydrogens is 358 g/mol. The minimum absolute atomic E-state index is 0.200. The predicted molar refractivity (Wildman–Crippen MR) is 106 cm³/mol. The third-order valence-electron chi connectivity index (χ3n) is 5.21. The summed E-state index contributed by atoms with van der Waals surface area (Å²) < 4.78 is 6.58. The maximum Gasteiger partial charge on any atom is 0.331 e. The first-order valence-electron chi connectivity index (χ1n) is 9.78. The second-order valence-electron chi connectivity index (χ2n) is 7.83. The van der Waals surface area contributed by atoms with Gasteiger partial charge < -0.3 is 9.64 Å². The van der Waals surface area contributed by atoms with E-state index in [-0.39, 0.29) is 29.7 Å². The lowest BCUT2D eigenvalue weighted by Crippen LogP contribution is -2.52. The van der Waals surface area contributed by atoms with E-state index in [0.29, 0.717) is 36.7 Å². The predicted octanol–water partition coefficient (Wildman–Crippen LogP) is 2.61. The first-order valence-corrected chi connectivity index (χ1v) is 9.78. The van der Waals surface area contributed by atoms with Gasteiger partial charge in [-0.25, -0.2) is 9.48 Å². The molecule has 1 aromatic carbocycles. The molecule has 1 saturated heterocycles. The van der Waals surface area contributed by atoms with Crippen molar-refractivity contribution in [3.05, 3.63) is 40.3 Å². The summed E-state index contributed by atoms with van der Waals surface area (Å²) in [4.78, 5) is 40.4. The van der Waals surface area contributed by atoms with Crippen molar-refractivity contribution in [3.63, 3.8) is 0 Å². The molecule has 0 unspecified atom stereocenters. The van der Waals surface area contributed by atoms with E-state index in [0.717, 1.165) is 0 Å². The number of hydrogen-bond donors (Lipinski definition) is 0. The Kier molecular flexibility index (Phi) is 5.54. The van der Waals surface area contributed by atoms with E-state index >= 15 is 0 Å². The number of rotatable bonds is 5. The van der Waals surface area contributed by atoms with Crippen LogP contribution in [-0.4, -0.2) is 45.2 Å². The monoisotopic (exact) mass is 385 g/mol. The Morgan fingerprint density at radius 1 is 1.25 bits per heavy atom. The van der Waals surface area contributed by atoms with Crippen LogP contribution in [0.15, 0.2) is 29.1 Å². The van der Waals surface area contributed by atoms with Crippen LogP contribution in [0.1, 0.15) is 51.0 Å². The lowest BCUT2D eigenvalue weighted by molar-refractivity contribution is -0.153. The van der Waals surface area contributed by atoms with Gasteiger partial charge in [-0.1, -0.05) is 32.0 Å². The van der Waals surface area contributed by atoms with Crippen molar-refractivity contribution in [1.29, 1.82) is 0 Å². The second kappa shape index (κ2) is 7.73. The maximum absolute atomic E-state index is 13.5. The van der Waals surface area contributed by atoms with Gasteiger partial charge in [-0.3, -0.25) is 9.59 Å². The van der Waals surface area contributed by atoms with Crippen molar-refractivity contribution in [3.8, 4) is 0 Å². The van der Waals surface area contributed by atoms with E-state index in [1.165, 1.54) is 4.68 Å². The first kappa shape index (κ1) is 20.0. The summed E-state index contributed by atoms with van der Waals surface area (Å²) in [5.41, 5.74) is -1.03. The number of nitrogens with zero attached hydrogens (tertiary/aromatic N) is 3. The summed E-state index contributed by atoms with van der Waals surface area (Å²) in [7, 11) is 0. The Bertz CT molecular complexity index is 966. The Labute approximate surface area is 164 Å². The molecule has 150 valence electrons. The summed E-state index contributed by atoms with van der Waals surface area (Å²) in [5.74, 6) is -0.548. The molecule has 28 heavy (non-hydrogen) atoms. The van der Waals surface area contributed by atoms with Crippen LogP contribution in [0, 0.1) is 5.92 Å². The van der Waals surface area contributed by atoms with Gasteiger partial charge in [0.05, 0.1) is 12.0 Å². The van der Waals surface area contributed by atoms with E-state index in [9.17, 15) is 14.4 Å². The molecule has 7 heteroatoms. The number of ether oxygens (including phenoxy) is 1. The summed E-state index contributed by atoms with van der Waals surface area (Å²) in [6.07, 6.45) is 1.26. The minimum atomic E-state index is -1.02. The third-order valence-corrected chi connectivity index (χ3v) is 5.21. The molecule has 1 atom stereocenters. The van der Waals surface area contributed by atoms with Crippen LogP contribution in [0.4, 0.5) is 0 Å². The van der Waals surface area contributed by atoms with E-state index < -0.39 is 11.5 Å². The van der Waals surface area contributed by atoms with Crippen molar-refractivity contribution < 1.29 is 14.3 Å². The number of esters is 1. The number of likely N-dealkylation sites (tertiary alicyclic amines) is 1. The van der Waals surface area contributed by atoms with Gasteiger partial charge in [0, 0.05) is 18.5 Å². The summed E-state index contributed by atoms with van der Waals surface area (Å²) in [6.45, 7) is 8.59. The molecule has 7 nitrogen and oxygen atoms in total. The first-order chi connectivity index (χ1) is 13.3. The molecule has 2 heterocycles. The van der Waals surface area contributed by atoms with E-state index in [2.05, 4.69) is 5.10 Å². The molecule has 1 aliphatic heterocycles. The average Bonchev–Trinajstić information content (AvgIpc) is 3.06. The smallest absolute Gasteiger partial charge is 0.331 e. The molecule has 0 radical (unpaired) electrons. The summed E-state index contributed by atoms with van der Waals surface area (Å²) in [5, 5.41) is 5.38. The molecule has 0 spiro atoms. The number of hydrogen-bond acceptors (Lipinski definition) is 5. The summed E-state index contributed by atoms with van der Waals surface area (Å²) in [6, 6.07) is 6.99. The molecule has 1 aliphatic rings. The molecule has 2 aromatic rings. The number of benzene rings is 1. The zero-order valence-electron chi connectivity index (χ0n) is 16.9. The van der Waals surface area contributed by atoms with Gasteiger partial charge in [0.25, 0.3) is 11.5 Å². The fourth-order valence-corrected chi connectivity index (χ4v) is 3.78. The molecule has 3 rings (SSSR count). The average molecular weight is 385 g/mol.